The standard InChI is InChI=1S/C40H51NO12S2/c1-17-11-10-12-18(2)38(49)41-29-28(39-54-15-16-55-39)33(46)25-26(34(29)47)32(45)22(6)36-27(25)37(48)40(8,53-36)51-14-13-24(50-9)19(3)35(52-23(7)42)21(5)31(44)20(4)30(17)43/h10-14,17,19-21,24,30-31,35,39,43-47H,15-16H2,1-9H3,(H,41,49)/b11-10+,14-13+,18-12-. The summed E-state index contributed by atoms with van der Waals surface area (Å²) < 4.78 is 23.1. The highest BCUT2D eigenvalue weighted by atomic mass is 32.2. The van der Waals surface area contributed by atoms with Crippen molar-refractivity contribution < 1.29 is 58.9 Å². The number of fused-ring (bicyclic) bond motifs is 14. The van der Waals surface area contributed by atoms with E-state index in [0.29, 0.717) is 0 Å². The van der Waals surface area contributed by atoms with Crippen LogP contribution >= 0.6 is 23.5 Å². The van der Waals surface area contributed by atoms with Crippen LogP contribution in [0.15, 0.2) is 36.1 Å². The van der Waals surface area contributed by atoms with Gasteiger partial charge in [-0.15, -0.1) is 23.5 Å². The highest BCUT2D eigenvalue weighted by Crippen LogP contribution is 2.60. The Hall–Kier alpha value is -3.89. The molecule has 13 nitrogen and oxygen atoms in total. The lowest BCUT2D eigenvalue weighted by molar-refractivity contribution is -0.160. The van der Waals surface area contributed by atoms with Crippen LogP contribution < -0.4 is 10.1 Å². The first-order chi connectivity index (χ1) is 25.9. The monoisotopic (exact) mass is 801 g/mol. The van der Waals surface area contributed by atoms with Crippen molar-refractivity contribution in [3.8, 4) is 23.0 Å². The number of carbonyl (C=O) groups is 3. The molecule has 2 aromatic rings. The van der Waals surface area contributed by atoms with Gasteiger partial charge in [-0.3, -0.25) is 14.4 Å². The maximum absolute atomic E-state index is 14.3. The van der Waals surface area contributed by atoms with Gasteiger partial charge < -0.3 is 49.8 Å². The Morgan fingerprint density at radius 2 is 1.58 bits per heavy atom. The molecule has 0 spiro atoms. The molecule has 4 aliphatic rings. The highest BCUT2D eigenvalue weighted by Gasteiger charge is 2.50. The first-order valence-electron chi connectivity index (χ1n) is 18.2. The number of allylic oxidation sites excluding steroid dienone is 2. The van der Waals surface area contributed by atoms with Crippen molar-refractivity contribution in [2.45, 2.75) is 90.2 Å². The fourth-order valence-electron chi connectivity index (χ4n) is 7.50. The number of rotatable bonds is 3. The molecule has 9 atom stereocenters. The number of methoxy groups -OCH3 is 1. The number of amides is 1. The van der Waals surface area contributed by atoms with Gasteiger partial charge in [0.15, 0.2) is 5.75 Å². The van der Waals surface area contributed by atoms with Gasteiger partial charge >= 0.3 is 11.8 Å². The molecule has 5 bridgehead atoms. The van der Waals surface area contributed by atoms with Crippen LogP contribution in [-0.2, 0) is 23.8 Å². The molecule has 0 aliphatic carbocycles. The topological polar surface area (TPSA) is 201 Å². The average Bonchev–Trinajstić information content (AvgIpc) is 3.77. The van der Waals surface area contributed by atoms with E-state index < -0.39 is 93.4 Å². The third kappa shape index (κ3) is 7.91. The number of esters is 1. The molecule has 0 aromatic heterocycles. The Morgan fingerprint density at radius 1 is 0.927 bits per heavy atom. The number of aliphatic hydroxyl groups is 2. The van der Waals surface area contributed by atoms with Gasteiger partial charge in [-0.2, -0.15) is 0 Å². The number of thioether (sulfide) groups is 2. The van der Waals surface area contributed by atoms with E-state index in [-0.39, 0.29) is 44.5 Å². The van der Waals surface area contributed by atoms with Crippen molar-refractivity contribution in [1.29, 1.82) is 0 Å². The van der Waals surface area contributed by atoms with E-state index in [4.69, 9.17) is 18.9 Å². The molecule has 1 fully saturated rings. The number of carbonyl (C=O) groups excluding carboxylic acids is 3. The van der Waals surface area contributed by atoms with Crippen LogP contribution in [-0.4, -0.2) is 92.0 Å². The lowest BCUT2D eigenvalue weighted by Gasteiger charge is -2.38. The first-order valence-corrected chi connectivity index (χ1v) is 20.3. The van der Waals surface area contributed by atoms with Crippen molar-refractivity contribution in [2.24, 2.45) is 23.7 Å². The summed E-state index contributed by atoms with van der Waals surface area (Å²) in [5, 5.41) is 60.6. The predicted octanol–water partition coefficient (Wildman–Crippen LogP) is 6.23. The minimum Gasteiger partial charge on any atom is -0.507 e. The quantitative estimate of drug-likeness (QED) is 0.116. The number of hydrogen-bond acceptors (Lipinski definition) is 14. The van der Waals surface area contributed by atoms with Crippen molar-refractivity contribution in [2.75, 3.05) is 23.9 Å². The summed E-state index contributed by atoms with van der Waals surface area (Å²) in [6, 6.07) is 0. The third-order valence-electron chi connectivity index (χ3n) is 10.9. The fraction of sp³-hybridized carbons (Fsp3) is 0.525. The zero-order valence-electron chi connectivity index (χ0n) is 32.4. The number of phenols is 3. The average molecular weight is 802 g/mol. The van der Waals surface area contributed by atoms with Gasteiger partial charge in [-0.1, -0.05) is 45.9 Å². The summed E-state index contributed by atoms with van der Waals surface area (Å²) in [4.78, 5) is 40.3. The Morgan fingerprint density at radius 3 is 2.20 bits per heavy atom. The van der Waals surface area contributed by atoms with E-state index in [9.17, 15) is 39.9 Å². The van der Waals surface area contributed by atoms with Gasteiger partial charge in [0, 0.05) is 78.2 Å². The molecule has 6 rings (SSSR count). The fourth-order valence-corrected chi connectivity index (χ4v) is 10.5. The number of phenolic OH excluding ortho intramolecular Hbond substituents is 3. The van der Waals surface area contributed by atoms with Crippen molar-refractivity contribution in [3.05, 3.63) is 52.8 Å². The Labute approximate surface area is 329 Å². The zero-order chi connectivity index (χ0) is 40.7. The second-order valence-corrected chi connectivity index (χ2v) is 17.4. The van der Waals surface area contributed by atoms with E-state index in [0.717, 1.165) is 11.5 Å². The first kappa shape index (κ1) is 42.3. The van der Waals surface area contributed by atoms with E-state index in [1.54, 1.807) is 46.8 Å². The lowest BCUT2D eigenvalue weighted by atomic mass is 9.78. The maximum Gasteiger partial charge on any atom is 0.312 e. The molecule has 300 valence electrons. The molecule has 6 N–H and O–H groups in total. The SMILES string of the molecule is COC1/C=C/OC2(C)Oc3c(C)c(O)c4c(O)c(c(C5SCCS5)c(O)c4c3C2=O)NC(=O)/C(C)=C\C=C\C(C)C(O)C(C)C(O)C(C)C(OC(C)=O)C1C. The van der Waals surface area contributed by atoms with Gasteiger partial charge in [0.25, 0.3) is 11.7 Å². The molecule has 0 radical (unpaired) electrons. The number of anilines is 1. The van der Waals surface area contributed by atoms with Crippen LogP contribution in [0.2, 0.25) is 0 Å². The van der Waals surface area contributed by atoms with Gasteiger partial charge in [0.1, 0.15) is 23.4 Å². The zero-order valence-corrected chi connectivity index (χ0v) is 34.0. The minimum atomic E-state index is -2.00. The number of nitrogens with one attached hydrogen (secondary N) is 1. The summed E-state index contributed by atoms with van der Waals surface area (Å²) >= 11 is 2.98. The van der Waals surface area contributed by atoms with Crippen LogP contribution in [0.1, 0.15) is 74.5 Å². The number of ketones is 1. The van der Waals surface area contributed by atoms with Crippen LogP contribution in [0.5, 0.6) is 23.0 Å². The third-order valence-corrected chi connectivity index (χ3v) is 13.9. The molecule has 1 amide bonds. The molecule has 1 saturated heterocycles. The summed E-state index contributed by atoms with van der Waals surface area (Å²) in [5.74, 6) is -6.31. The maximum atomic E-state index is 14.3. The number of aliphatic hydroxyl groups excluding tert-OH is 2. The van der Waals surface area contributed by atoms with Crippen LogP contribution in [0.3, 0.4) is 0 Å². The minimum absolute atomic E-state index is 0.0499. The number of Topliss-reactive ketones (excluding diaryl/α,β-unsaturated/α-hetero) is 1. The normalized spacial score (nSPS) is 33.1. The van der Waals surface area contributed by atoms with E-state index in [1.807, 2.05) is 0 Å². The second kappa shape index (κ2) is 16.7. The van der Waals surface area contributed by atoms with Crippen LogP contribution in [0.4, 0.5) is 5.69 Å². The summed E-state index contributed by atoms with van der Waals surface area (Å²) in [7, 11) is 1.44. The Bertz CT molecular complexity index is 1940. The van der Waals surface area contributed by atoms with E-state index >= 15 is 0 Å². The molecule has 4 aliphatic heterocycles. The molecular weight excluding hydrogens is 751 g/mol. The van der Waals surface area contributed by atoms with E-state index in [1.165, 1.54) is 69.8 Å². The Balaban J connectivity index is 1.70. The largest absolute Gasteiger partial charge is 0.507 e. The van der Waals surface area contributed by atoms with Crippen LogP contribution in [0.25, 0.3) is 10.8 Å². The van der Waals surface area contributed by atoms with Crippen molar-refractivity contribution in [1.82, 2.24) is 0 Å². The molecule has 55 heavy (non-hydrogen) atoms. The predicted molar refractivity (Wildman–Crippen MR) is 211 cm³/mol. The number of benzene rings is 2. The van der Waals surface area contributed by atoms with Crippen molar-refractivity contribution >= 4 is 57.6 Å². The molecule has 2 aromatic carbocycles. The lowest BCUT2D eigenvalue weighted by Crippen LogP contribution is -2.46. The van der Waals surface area contributed by atoms with Gasteiger partial charge in [0.05, 0.1) is 45.8 Å². The van der Waals surface area contributed by atoms with E-state index in [2.05, 4.69) is 5.32 Å². The summed E-state index contributed by atoms with van der Waals surface area (Å²) in [6.07, 6.45) is 3.74. The molecule has 9 unspecified atom stereocenters. The Kier molecular flexibility index (Phi) is 12.8. The summed E-state index contributed by atoms with van der Waals surface area (Å²) in [5.41, 5.74) is 0.263. The molecule has 0 saturated carbocycles. The number of aromatic hydroxyl groups is 3. The van der Waals surface area contributed by atoms with Gasteiger partial charge in [-0.05, 0) is 19.9 Å². The smallest absolute Gasteiger partial charge is 0.312 e. The van der Waals surface area contributed by atoms with Crippen molar-refractivity contribution in [3.63, 3.8) is 0 Å². The molecule has 15 heteroatoms. The number of hydrogen-bond donors (Lipinski definition) is 6. The molecular formula is C40H51NO12S2. The van der Waals surface area contributed by atoms with Gasteiger partial charge in [0.2, 0.25) is 0 Å². The molecule has 4 heterocycles. The second-order valence-electron chi connectivity index (χ2n) is 14.7. The van der Waals surface area contributed by atoms with Gasteiger partial charge in [-0.25, -0.2) is 0 Å². The summed E-state index contributed by atoms with van der Waals surface area (Å²) in [6.45, 7) is 12.6. The number of ether oxygens (including phenoxy) is 4. The highest BCUT2D eigenvalue weighted by molar-refractivity contribution is 8.19. The van der Waals surface area contributed by atoms with Crippen LogP contribution in [0, 0.1) is 30.6 Å².